The van der Waals surface area contributed by atoms with E-state index in [1.54, 1.807) is 14.0 Å². The SMILES string of the molecule is CC(C(=O)Nc1ccc([N+](=O)[O-])cc1)N(C)CC(O)C1CC1. The molecule has 2 rings (SSSR count). The topological polar surface area (TPSA) is 95.7 Å². The summed E-state index contributed by atoms with van der Waals surface area (Å²) in [6.45, 7) is 2.22. The fourth-order valence-corrected chi connectivity index (χ4v) is 2.20. The molecule has 1 fully saturated rings. The van der Waals surface area contributed by atoms with Gasteiger partial charge in [0.15, 0.2) is 0 Å². The maximum atomic E-state index is 12.2. The van der Waals surface area contributed by atoms with E-state index in [-0.39, 0.29) is 17.7 Å². The third-order valence-corrected chi connectivity index (χ3v) is 4.03. The summed E-state index contributed by atoms with van der Waals surface area (Å²) >= 11 is 0. The van der Waals surface area contributed by atoms with Gasteiger partial charge in [0.1, 0.15) is 0 Å². The summed E-state index contributed by atoms with van der Waals surface area (Å²) in [4.78, 5) is 24.1. The Morgan fingerprint density at radius 2 is 2.05 bits per heavy atom. The van der Waals surface area contributed by atoms with Crippen LogP contribution in [0.5, 0.6) is 0 Å². The van der Waals surface area contributed by atoms with Crippen molar-refractivity contribution >= 4 is 17.3 Å². The van der Waals surface area contributed by atoms with Crippen molar-refractivity contribution in [1.29, 1.82) is 0 Å². The molecule has 0 spiro atoms. The minimum atomic E-state index is -0.485. The molecule has 0 saturated heterocycles. The number of aliphatic hydroxyl groups is 1. The number of hydrogen-bond donors (Lipinski definition) is 2. The summed E-state index contributed by atoms with van der Waals surface area (Å²) in [5.74, 6) is 0.159. The van der Waals surface area contributed by atoms with Crippen LogP contribution in [0.3, 0.4) is 0 Å². The molecule has 0 aliphatic heterocycles. The third kappa shape index (κ3) is 4.25. The predicted octanol–water partition coefficient (Wildman–Crippen LogP) is 1.62. The van der Waals surface area contributed by atoms with Gasteiger partial charge in [-0.15, -0.1) is 0 Å². The molecule has 2 N–H and O–H groups in total. The molecule has 1 saturated carbocycles. The van der Waals surface area contributed by atoms with Gasteiger partial charge in [0, 0.05) is 24.4 Å². The Morgan fingerprint density at radius 1 is 1.45 bits per heavy atom. The van der Waals surface area contributed by atoms with Gasteiger partial charge in [-0.25, -0.2) is 0 Å². The van der Waals surface area contributed by atoms with E-state index in [0.717, 1.165) is 12.8 Å². The molecule has 120 valence electrons. The second kappa shape index (κ2) is 6.85. The number of carbonyl (C=O) groups excluding carboxylic acids is 1. The average molecular weight is 307 g/mol. The predicted molar refractivity (Wildman–Crippen MR) is 82.5 cm³/mol. The van der Waals surface area contributed by atoms with Crippen LogP contribution in [0.25, 0.3) is 0 Å². The van der Waals surface area contributed by atoms with Gasteiger partial charge in [0.2, 0.25) is 5.91 Å². The van der Waals surface area contributed by atoms with E-state index in [2.05, 4.69) is 5.32 Å². The Kier molecular flexibility index (Phi) is 5.10. The Hall–Kier alpha value is -1.99. The molecule has 1 amide bonds. The highest BCUT2D eigenvalue weighted by Gasteiger charge is 2.31. The van der Waals surface area contributed by atoms with E-state index in [1.165, 1.54) is 24.3 Å². The molecule has 2 atom stereocenters. The quantitative estimate of drug-likeness (QED) is 0.589. The first-order chi connectivity index (χ1) is 10.4. The monoisotopic (exact) mass is 307 g/mol. The van der Waals surface area contributed by atoms with Gasteiger partial charge in [-0.3, -0.25) is 19.8 Å². The lowest BCUT2D eigenvalue weighted by Gasteiger charge is -2.26. The Labute approximate surface area is 129 Å². The first-order valence-electron chi connectivity index (χ1n) is 7.32. The van der Waals surface area contributed by atoms with E-state index in [9.17, 15) is 20.0 Å². The number of anilines is 1. The van der Waals surface area contributed by atoms with Crippen LogP contribution in [0.15, 0.2) is 24.3 Å². The zero-order valence-corrected chi connectivity index (χ0v) is 12.7. The van der Waals surface area contributed by atoms with Crippen molar-refractivity contribution in [2.75, 3.05) is 18.9 Å². The largest absolute Gasteiger partial charge is 0.392 e. The zero-order chi connectivity index (χ0) is 16.3. The molecule has 7 nitrogen and oxygen atoms in total. The minimum Gasteiger partial charge on any atom is -0.392 e. The molecule has 1 aliphatic carbocycles. The summed E-state index contributed by atoms with van der Waals surface area (Å²) in [5.41, 5.74) is 0.495. The lowest BCUT2D eigenvalue weighted by Crippen LogP contribution is -2.43. The van der Waals surface area contributed by atoms with Crippen LogP contribution in [-0.2, 0) is 4.79 Å². The van der Waals surface area contributed by atoms with Gasteiger partial charge in [0.25, 0.3) is 5.69 Å². The summed E-state index contributed by atoms with van der Waals surface area (Å²) in [7, 11) is 1.80. The van der Waals surface area contributed by atoms with Crippen LogP contribution < -0.4 is 5.32 Å². The second-order valence-electron chi connectivity index (χ2n) is 5.81. The number of non-ortho nitro benzene ring substituents is 1. The highest BCUT2D eigenvalue weighted by Crippen LogP contribution is 2.32. The van der Waals surface area contributed by atoms with E-state index in [4.69, 9.17) is 0 Å². The minimum absolute atomic E-state index is 0.0179. The van der Waals surface area contributed by atoms with Gasteiger partial charge >= 0.3 is 0 Å². The van der Waals surface area contributed by atoms with Crippen LogP contribution >= 0.6 is 0 Å². The lowest BCUT2D eigenvalue weighted by molar-refractivity contribution is -0.384. The highest BCUT2D eigenvalue weighted by molar-refractivity contribution is 5.94. The Balaban J connectivity index is 1.88. The van der Waals surface area contributed by atoms with Gasteiger partial charge in [0.05, 0.1) is 17.1 Å². The second-order valence-corrected chi connectivity index (χ2v) is 5.81. The fourth-order valence-electron chi connectivity index (χ4n) is 2.20. The maximum absolute atomic E-state index is 12.2. The van der Waals surface area contributed by atoms with E-state index in [0.29, 0.717) is 18.2 Å². The molecule has 0 radical (unpaired) electrons. The number of nitro groups is 1. The summed E-state index contributed by atoms with van der Waals surface area (Å²) in [6.07, 6.45) is 1.72. The van der Waals surface area contributed by atoms with E-state index in [1.807, 2.05) is 4.90 Å². The Morgan fingerprint density at radius 3 is 2.55 bits per heavy atom. The first-order valence-corrected chi connectivity index (χ1v) is 7.32. The van der Waals surface area contributed by atoms with Gasteiger partial charge in [-0.1, -0.05) is 0 Å². The summed E-state index contributed by atoms with van der Waals surface area (Å²) in [5, 5.41) is 23.2. The number of aliphatic hydroxyl groups excluding tert-OH is 1. The number of benzene rings is 1. The highest BCUT2D eigenvalue weighted by atomic mass is 16.6. The van der Waals surface area contributed by atoms with Crippen LogP contribution in [0, 0.1) is 16.0 Å². The number of nitrogens with zero attached hydrogens (tertiary/aromatic N) is 2. The number of hydrogen-bond acceptors (Lipinski definition) is 5. The molecule has 22 heavy (non-hydrogen) atoms. The first kappa shape index (κ1) is 16.4. The Bertz CT molecular complexity index is 542. The van der Waals surface area contributed by atoms with Crippen molar-refractivity contribution in [3.63, 3.8) is 0 Å². The number of carbonyl (C=O) groups is 1. The zero-order valence-electron chi connectivity index (χ0n) is 12.7. The number of nitrogens with one attached hydrogen (secondary N) is 1. The van der Waals surface area contributed by atoms with Crippen molar-refractivity contribution in [3.8, 4) is 0 Å². The summed E-state index contributed by atoms with van der Waals surface area (Å²) < 4.78 is 0. The van der Waals surface area contributed by atoms with Crippen molar-refractivity contribution in [2.45, 2.75) is 31.9 Å². The van der Waals surface area contributed by atoms with Gasteiger partial charge in [-0.2, -0.15) is 0 Å². The third-order valence-electron chi connectivity index (χ3n) is 4.03. The van der Waals surface area contributed by atoms with Crippen LogP contribution in [0.1, 0.15) is 19.8 Å². The van der Waals surface area contributed by atoms with Crippen molar-refractivity contribution in [1.82, 2.24) is 4.90 Å². The molecule has 2 unspecified atom stereocenters. The van der Waals surface area contributed by atoms with E-state index < -0.39 is 11.0 Å². The number of amides is 1. The lowest BCUT2D eigenvalue weighted by atomic mass is 10.2. The summed E-state index contributed by atoms with van der Waals surface area (Å²) in [6, 6.07) is 5.30. The molecular formula is C15H21N3O4. The van der Waals surface area contributed by atoms with Crippen LogP contribution in [0.4, 0.5) is 11.4 Å². The molecule has 0 bridgehead atoms. The molecule has 1 aromatic carbocycles. The standard InChI is InChI=1S/C15H21N3O4/c1-10(17(2)9-14(19)11-3-4-11)15(20)16-12-5-7-13(8-6-12)18(21)22/h5-8,10-11,14,19H,3-4,9H2,1-2H3,(H,16,20). The smallest absolute Gasteiger partial charge is 0.269 e. The normalized spacial score (nSPS) is 17.1. The molecule has 1 aromatic rings. The van der Waals surface area contributed by atoms with Gasteiger partial charge in [-0.05, 0) is 44.9 Å². The molecule has 1 aliphatic rings. The maximum Gasteiger partial charge on any atom is 0.269 e. The fraction of sp³-hybridized carbons (Fsp3) is 0.533. The molecule has 0 heterocycles. The van der Waals surface area contributed by atoms with Crippen LogP contribution in [0.2, 0.25) is 0 Å². The molecule has 0 aromatic heterocycles. The number of rotatable bonds is 7. The molecular weight excluding hydrogens is 286 g/mol. The van der Waals surface area contributed by atoms with Crippen molar-refractivity contribution in [3.05, 3.63) is 34.4 Å². The van der Waals surface area contributed by atoms with Gasteiger partial charge < -0.3 is 10.4 Å². The van der Waals surface area contributed by atoms with Crippen molar-refractivity contribution < 1.29 is 14.8 Å². The number of nitro benzene ring substituents is 1. The van der Waals surface area contributed by atoms with E-state index >= 15 is 0 Å². The van der Waals surface area contributed by atoms with Crippen LogP contribution in [-0.4, -0.2) is 46.6 Å². The molecule has 7 heteroatoms. The number of likely N-dealkylation sites (N-methyl/N-ethyl adjacent to an activating group) is 1. The van der Waals surface area contributed by atoms with Crippen molar-refractivity contribution in [2.24, 2.45) is 5.92 Å². The average Bonchev–Trinajstić information content (AvgIpc) is 3.31.